The van der Waals surface area contributed by atoms with Crippen molar-refractivity contribution in [2.45, 2.75) is 19.6 Å². The Morgan fingerprint density at radius 1 is 1.29 bits per heavy atom. The van der Waals surface area contributed by atoms with Gasteiger partial charge in [-0.15, -0.1) is 11.3 Å². The average molecular weight is 308 g/mol. The van der Waals surface area contributed by atoms with Gasteiger partial charge in [0.25, 0.3) is 0 Å². The van der Waals surface area contributed by atoms with Crippen LogP contribution in [0.2, 0.25) is 0 Å². The van der Waals surface area contributed by atoms with Crippen LogP contribution >= 0.6 is 11.3 Å². The Hall–Kier alpha value is -2.12. The molecule has 112 valence electrons. The molecule has 7 heteroatoms. The molecule has 0 spiro atoms. The fourth-order valence-electron chi connectivity index (χ4n) is 1.71. The molecule has 2 heterocycles. The highest BCUT2D eigenvalue weighted by molar-refractivity contribution is 7.12. The third-order valence-electron chi connectivity index (χ3n) is 2.73. The summed E-state index contributed by atoms with van der Waals surface area (Å²) in [6.07, 6.45) is 0.678. The van der Waals surface area contributed by atoms with Gasteiger partial charge in [0, 0.05) is 16.3 Å². The molecule has 2 aromatic rings. The highest BCUT2D eigenvalue weighted by atomic mass is 32.1. The number of aliphatic hydroxyl groups is 1. The molecule has 0 fully saturated rings. The third-order valence-corrected chi connectivity index (χ3v) is 3.87. The van der Waals surface area contributed by atoms with E-state index in [1.807, 2.05) is 0 Å². The van der Waals surface area contributed by atoms with Gasteiger partial charge < -0.3 is 20.2 Å². The standard InChI is InChI=1S/C14H16N2O4S/c1-2-15-13(18)14(19)16-8-9-5-6-11(21-9)12(17)10-4-3-7-20-10/h3-7,12,17H,2,8H2,1H3,(H,15,18)(H,16,19). The van der Waals surface area contributed by atoms with Crippen LogP contribution in [0.15, 0.2) is 34.9 Å². The Bertz CT molecular complexity index is 606. The number of nitrogens with one attached hydrogen (secondary N) is 2. The minimum atomic E-state index is -0.821. The lowest BCUT2D eigenvalue weighted by molar-refractivity contribution is -0.139. The predicted molar refractivity (Wildman–Crippen MR) is 77.6 cm³/mol. The van der Waals surface area contributed by atoms with Crippen molar-refractivity contribution in [3.05, 3.63) is 46.0 Å². The fourth-order valence-corrected chi connectivity index (χ4v) is 2.66. The van der Waals surface area contributed by atoms with Gasteiger partial charge in [0.05, 0.1) is 12.8 Å². The first-order chi connectivity index (χ1) is 10.1. The summed E-state index contributed by atoms with van der Waals surface area (Å²) in [4.78, 5) is 24.3. The fraction of sp³-hybridized carbons (Fsp3) is 0.286. The summed E-state index contributed by atoms with van der Waals surface area (Å²) >= 11 is 1.35. The average Bonchev–Trinajstić information content (AvgIpc) is 3.15. The van der Waals surface area contributed by atoms with Crippen molar-refractivity contribution in [3.63, 3.8) is 0 Å². The lowest BCUT2D eigenvalue weighted by atomic mass is 10.2. The van der Waals surface area contributed by atoms with Gasteiger partial charge in [-0.2, -0.15) is 0 Å². The van der Waals surface area contributed by atoms with Crippen LogP contribution in [0.4, 0.5) is 0 Å². The van der Waals surface area contributed by atoms with Crippen molar-refractivity contribution in [3.8, 4) is 0 Å². The predicted octanol–water partition coefficient (Wildman–Crippen LogP) is 1.18. The number of likely N-dealkylation sites (N-methyl/N-ethyl adjacent to an activating group) is 1. The van der Waals surface area contributed by atoms with Crippen LogP contribution in [0.3, 0.4) is 0 Å². The van der Waals surface area contributed by atoms with E-state index < -0.39 is 17.9 Å². The Morgan fingerprint density at radius 2 is 2.05 bits per heavy atom. The van der Waals surface area contributed by atoms with Gasteiger partial charge in [0.15, 0.2) is 0 Å². The summed E-state index contributed by atoms with van der Waals surface area (Å²) in [6, 6.07) is 6.97. The van der Waals surface area contributed by atoms with Crippen molar-refractivity contribution in [2.24, 2.45) is 0 Å². The number of hydrogen-bond donors (Lipinski definition) is 3. The first-order valence-electron chi connectivity index (χ1n) is 6.48. The first-order valence-corrected chi connectivity index (χ1v) is 7.29. The van der Waals surface area contributed by atoms with Crippen LogP contribution in [-0.4, -0.2) is 23.5 Å². The Labute approximate surface area is 125 Å². The number of furan rings is 1. The van der Waals surface area contributed by atoms with Crippen molar-refractivity contribution in [2.75, 3.05) is 6.54 Å². The zero-order valence-electron chi connectivity index (χ0n) is 11.5. The highest BCUT2D eigenvalue weighted by Gasteiger charge is 2.16. The lowest BCUT2D eigenvalue weighted by Gasteiger charge is -2.05. The molecule has 6 nitrogen and oxygen atoms in total. The van der Waals surface area contributed by atoms with E-state index in [9.17, 15) is 14.7 Å². The van der Waals surface area contributed by atoms with E-state index in [4.69, 9.17) is 4.42 Å². The minimum Gasteiger partial charge on any atom is -0.466 e. The monoisotopic (exact) mass is 308 g/mol. The number of thiophene rings is 1. The number of aliphatic hydroxyl groups excluding tert-OH is 1. The zero-order valence-corrected chi connectivity index (χ0v) is 12.3. The number of amides is 2. The second kappa shape index (κ2) is 7.05. The van der Waals surface area contributed by atoms with Crippen LogP contribution < -0.4 is 10.6 Å². The molecule has 0 radical (unpaired) electrons. The SMILES string of the molecule is CCNC(=O)C(=O)NCc1ccc(C(O)c2ccco2)s1. The van der Waals surface area contributed by atoms with Gasteiger partial charge in [-0.3, -0.25) is 9.59 Å². The maximum absolute atomic E-state index is 11.5. The maximum Gasteiger partial charge on any atom is 0.309 e. The second-order valence-electron chi connectivity index (χ2n) is 4.26. The molecular weight excluding hydrogens is 292 g/mol. The topological polar surface area (TPSA) is 91.6 Å². The Morgan fingerprint density at radius 3 is 2.71 bits per heavy atom. The van der Waals surface area contributed by atoms with Crippen LogP contribution in [0.1, 0.15) is 28.5 Å². The largest absolute Gasteiger partial charge is 0.466 e. The molecule has 3 N–H and O–H groups in total. The number of rotatable bonds is 5. The molecule has 21 heavy (non-hydrogen) atoms. The molecule has 0 saturated carbocycles. The molecule has 1 atom stereocenters. The Kier molecular flexibility index (Phi) is 5.13. The summed E-state index contributed by atoms with van der Waals surface area (Å²) in [5.74, 6) is -0.849. The molecule has 0 saturated heterocycles. The number of hydrogen-bond acceptors (Lipinski definition) is 5. The van der Waals surface area contributed by atoms with Gasteiger partial charge in [-0.05, 0) is 31.2 Å². The molecule has 0 aromatic carbocycles. The van der Waals surface area contributed by atoms with E-state index in [0.717, 1.165) is 4.88 Å². The van der Waals surface area contributed by atoms with E-state index in [-0.39, 0.29) is 6.54 Å². The Balaban J connectivity index is 1.92. The first kappa shape index (κ1) is 15.3. The smallest absolute Gasteiger partial charge is 0.309 e. The van der Waals surface area contributed by atoms with Crippen LogP contribution in [0, 0.1) is 0 Å². The molecule has 2 rings (SSSR count). The van der Waals surface area contributed by atoms with Crippen LogP contribution in [0.5, 0.6) is 0 Å². The van der Waals surface area contributed by atoms with E-state index in [1.165, 1.54) is 17.6 Å². The highest BCUT2D eigenvalue weighted by Crippen LogP contribution is 2.28. The molecule has 0 aliphatic carbocycles. The molecule has 2 aromatic heterocycles. The number of carbonyl (C=O) groups is 2. The minimum absolute atomic E-state index is 0.242. The zero-order chi connectivity index (χ0) is 15.2. The van der Waals surface area contributed by atoms with E-state index in [2.05, 4.69) is 10.6 Å². The van der Waals surface area contributed by atoms with Gasteiger partial charge >= 0.3 is 11.8 Å². The van der Waals surface area contributed by atoms with Crippen molar-refractivity contribution >= 4 is 23.2 Å². The summed E-state index contributed by atoms with van der Waals surface area (Å²) < 4.78 is 5.15. The quantitative estimate of drug-likeness (QED) is 0.723. The van der Waals surface area contributed by atoms with Crippen molar-refractivity contribution < 1.29 is 19.1 Å². The normalized spacial score (nSPS) is 11.9. The summed E-state index contributed by atoms with van der Waals surface area (Å²) in [5.41, 5.74) is 0. The lowest BCUT2D eigenvalue weighted by Crippen LogP contribution is -2.39. The molecule has 1 unspecified atom stereocenters. The van der Waals surface area contributed by atoms with E-state index in [0.29, 0.717) is 17.2 Å². The van der Waals surface area contributed by atoms with E-state index in [1.54, 1.807) is 31.2 Å². The van der Waals surface area contributed by atoms with Gasteiger partial charge in [0.1, 0.15) is 11.9 Å². The van der Waals surface area contributed by atoms with Crippen molar-refractivity contribution in [1.29, 1.82) is 0 Å². The van der Waals surface area contributed by atoms with Crippen LogP contribution in [-0.2, 0) is 16.1 Å². The maximum atomic E-state index is 11.5. The summed E-state index contributed by atoms with van der Waals surface area (Å²) in [6.45, 7) is 2.39. The molecule has 0 aliphatic rings. The van der Waals surface area contributed by atoms with Crippen LogP contribution in [0.25, 0.3) is 0 Å². The molecular formula is C14H16N2O4S. The van der Waals surface area contributed by atoms with Crippen molar-refractivity contribution in [1.82, 2.24) is 10.6 Å². The number of carbonyl (C=O) groups excluding carboxylic acids is 2. The second-order valence-corrected chi connectivity index (χ2v) is 5.46. The van der Waals surface area contributed by atoms with Gasteiger partial charge in [-0.25, -0.2) is 0 Å². The summed E-state index contributed by atoms with van der Waals surface area (Å²) in [7, 11) is 0. The molecule has 2 amide bonds. The van der Waals surface area contributed by atoms with Gasteiger partial charge in [0.2, 0.25) is 0 Å². The summed E-state index contributed by atoms with van der Waals surface area (Å²) in [5, 5.41) is 15.0. The van der Waals surface area contributed by atoms with E-state index >= 15 is 0 Å². The molecule has 0 aliphatic heterocycles. The van der Waals surface area contributed by atoms with Gasteiger partial charge in [-0.1, -0.05) is 0 Å². The third kappa shape index (κ3) is 3.93. The molecule has 0 bridgehead atoms.